The average Bonchev–Trinajstić information content (AvgIpc) is 2.52. The molecule has 1 aromatic heterocycles. The number of carbonyl (C=O) groups is 1. The number of hydrogen-bond donors (Lipinski definition) is 1. The van der Waals surface area contributed by atoms with Crippen LogP contribution in [-0.2, 0) is 6.54 Å². The molecular formula is C8H8N2OS. The molecule has 1 heterocycles. The van der Waals surface area contributed by atoms with Gasteiger partial charge in [0.15, 0.2) is 5.78 Å². The van der Waals surface area contributed by atoms with E-state index in [1.54, 1.807) is 5.38 Å². The van der Waals surface area contributed by atoms with Gasteiger partial charge in [-0.15, -0.1) is 17.8 Å². The summed E-state index contributed by atoms with van der Waals surface area (Å²) in [6, 6.07) is 0. The highest BCUT2D eigenvalue weighted by Crippen LogP contribution is 2.10. The fourth-order valence-electron chi connectivity index (χ4n) is 0.716. The van der Waals surface area contributed by atoms with E-state index in [1.165, 1.54) is 11.3 Å². The highest BCUT2D eigenvalue weighted by molar-refractivity contribution is 7.09. The molecule has 4 heteroatoms. The lowest BCUT2D eigenvalue weighted by Crippen LogP contribution is -2.00. The number of nitrogens with zero attached hydrogens (tertiary/aromatic N) is 1. The van der Waals surface area contributed by atoms with Crippen LogP contribution in [0.4, 0.5) is 0 Å². The molecule has 0 radical (unpaired) electrons. The quantitative estimate of drug-likeness (QED) is 0.553. The highest BCUT2D eigenvalue weighted by atomic mass is 32.1. The first-order chi connectivity index (χ1) is 5.77. The van der Waals surface area contributed by atoms with Gasteiger partial charge in [0.05, 0.1) is 6.42 Å². The number of aromatic nitrogens is 1. The van der Waals surface area contributed by atoms with Crippen LogP contribution in [0.3, 0.4) is 0 Å². The van der Waals surface area contributed by atoms with Crippen molar-refractivity contribution in [3.63, 3.8) is 0 Å². The van der Waals surface area contributed by atoms with Crippen LogP contribution in [0.25, 0.3) is 0 Å². The molecule has 0 atom stereocenters. The smallest absolute Gasteiger partial charge is 0.193 e. The number of Topliss-reactive ketones (excluding diaryl/α,β-unsaturated/α-hetero) is 1. The summed E-state index contributed by atoms with van der Waals surface area (Å²) >= 11 is 1.38. The summed E-state index contributed by atoms with van der Waals surface area (Å²) in [4.78, 5) is 15.1. The van der Waals surface area contributed by atoms with Gasteiger partial charge in [-0.05, 0) is 0 Å². The summed E-state index contributed by atoms with van der Waals surface area (Å²) in [7, 11) is 0. The summed E-state index contributed by atoms with van der Waals surface area (Å²) in [5.41, 5.74) is 5.76. The van der Waals surface area contributed by atoms with Crippen molar-refractivity contribution in [1.82, 2.24) is 4.98 Å². The zero-order valence-electron chi connectivity index (χ0n) is 6.41. The predicted molar refractivity (Wildman–Crippen MR) is 47.8 cm³/mol. The predicted octanol–water partition coefficient (Wildman–Crippen LogP) is 0.808. The lowest BCUT2D eigenvalue weighted by Gasteiger charge is -1.87. The Bertz CT molecular complexity index is 324. The van der Waals surface area contributed by atoms with Gasteiger partial charge in [0.1, 0.15) is 10.7 Å². The number of hydrogen-bond acceptors (Lipinski definition) is 4. The molecule has 0 aliphatic carbocycles. The molecule has 0 spiro atoms. The number of rotatable bonds is 3. The Balaban J connectivity index is 2.76. The Hall–Kier alpha value is -1.18. The molecule has 0 amide bonds. The van der Waals surface area contributed by atoms with Crippen LogP contribution < -0.4 is 5.73 Å². The Labute approximate surface area is 74.6 Å². The van der Waals surface area contributed by atoms with E-state index < -0.39 is 0 Å². The summed E-state index contributed by atoms with van der Waals surface area (Å²) in [6.45, 7) is 0.369. The number of thiazole rings is 1. The first-order valence-corrected chi connectivity index (χ1v) is 4.27. The van der Waals surface area contributed by atoms with Gasteiger partial charge in [0.2, 0.25) is 0 Å². The summed E-state index contributed by atoms with van der Waals surface area (Å²) < 4.78 is 0. The minimum Gasteiger partial charge on any atom is -0.325 e. The van der Waals surface area contributed by atoms with E-state index in [0.29, 0.717) is 12.2 Å². The molecule has 0 bridgehead atoms. The van der Waals surface area contributed by atoms with E-state index in [-0.39, 0.29) is 12.2 Å². The third-order valence-corrected chi connectivity index (χ3v) is 2.15. The molecule has 2 N–H and O–H groups in total. The van der Waals surface area contributed by atoms with Gasteiger partial charge in [0, 0.05) is 11.9 Å². The molecule has 0 fully saturated rings. The van der Waals surface area contributed by atoms with Gasteiger partial charge in [0.25, 0.3) is 0 Å². The van der Waals surface area contributed by atoms with E-state index in [4.69, 9.17) is 12.2 Å². The Morgan fingerprint density at radius 2 is 2.58 bits per heavy atom. The van der Waals surface area contributed by atoms with Crippen molar-refractivity contribution < 1.29 is 4.79 Å². The molecular weight excluding hydrogens is 172 g/mol. The summed E-state index contributed by atoms with van der Waals surface area (Å²) in [5, 5.41) is 2.44. The van der Waals surface area contributed by atoms with Crippen molar-refractivity contribution in [2.24, 2.45) is 5.73 Å². The molecule has 0 aromatic carbocycles. The fourth-order valence-corrected chi connectivity index (χ4v) is 1.40. The van der Waals surface area contributed by atoms with E-state index in [2.05, 4.69) is 10.9 Å². The molecule has 0 unspecified atom stereocenters. The van der Waals surface area contributed by atoms with E-state index in [9.17, 15) is 4.79 Å². The van der Waals surface area contributed by atoms with Crippen molar-refractivity contribution in [2.45, 2.75) is 13.0 Å². The molecule has 0 aliphatic rings. The zero-order chi connectivity index (χ0) is 8.97. The Morgan fingerprint density at radius 1 is 1.83 bits per heavy atom. The maximum absolute atomic E-state index is 11.1. The lowest BCUT2D eigenvalue weighted by molar-refractivity contribution is 0.0994. The van der Waals surface area contributed by atoms with Crippen molar-refractivity contribution in [2.75, 3.05) is 0 Å². The van der Waals surface area contributed by atoms with Crippen LogP contribution in [0.5, 0.6) is 0 Å². The first-order valence-electron chi connectivity index (χ1n) is 3.39. The number of nitrogens with two attached hydrogens (primary N) is 1. The molecule has 1 rings (SSSR count). The molecule has 12 heavy (non-hydrogen) atoms. The SMILES string of the molecule is C#CCC(=O)c1csc(CN)n1. The third-order valence-electron chi connectivity index (χ3n) is 1.27. The fraction of sp³-hybridized carbons (Fsp3) is 0.250. The van der Waals surface area contributed by atoms with Gasteiger partial charge >= 0.3 is 0 Å². The van der Waals surface area contributed by atoms with Gasteiger partial charge < -0.3 is 5.73 Å². The normalized spacial score (nSPS) is 9.33. The maximum Gasteiger partial charge on any atom is 0.193 e. The summed E-state index contributed by atoms with van der Waals surface area (Å²) in [5.74, 6) is 2.16. The van der Waals surface area contributed by atoms with Crippen molar-refractivity contribution in [1.29, 1.82) is 0 Å². The average molecular weight is 180 g/mol. The Kier molecular flexibility index (Phi) is 2.97. The molecule has 1 aromatic rings. The molecule has 62 valence electrons. The molecule has 0 saturated heterocycles. The van der Waals surface area contributed by atoms with Crippen molar-refractivity contribution in [3.05, 3.63) is 16.1 Å². The van der Waals surface area contributed by atoms with Crippen LogP contribution in [0, 0.1) is 12.3 Å². The topological polar surface area (TPSA) is 56.0 Å². The van der Waals surface area contributed by atoms with Crippen LogP contribution in [0.1, 0.15) is 21.9 Å². The second-order valence-corrected chi connectivity index (χ2v) is 3.08. The largest absolute Gasteiger partial charge is 0.325 e. The Morgan fingerprint density at radius 3 is 3.08 bits per heavy atom. The monoisotopic (exact) mass is 180 g/mol. The van der Waals surface area contributed by atoms with Gasteiger partial charge in [-0.25, -0.2) is 4.98 Å². The first kappa shape index (κ1) is 8.91. The minimum atomic E-state index is -0.117. The number of ketones is 1. The molecule has 0 saturated carbocycles. The second kappa shape index (κ2) is 4.00. The second-order valence-electron chi connectivity index (χ2n) is 2.13. The maximum atomic E-state index is 11.1. The van der Waals surface area contributed by atoms with Gasteiger partial charge in [-0.1, -0.05) is 5.92 Å². The van der Waals surface area contributed by atoms with Crippen LogP contribution >= 0.6 is 11.3 Å². The van der Waals surface area contributed by atoms with Gasteiger partial charge in [-0.3, -0.25) is 4.79 Å². The van der Waals surface area contributed by atoms with E-state index >= 15 is 0 Å². The highest BCUT2D eigenvalue weighted by Gasteiger charge is 2.07. The minimum absolute atomic E-state index is 0.105. The van der Waals surface area contributed by atoms with Crippen molar-refractivity contribution in [3.8, 4) is 12.3 Å². The van der Waals surface area contributed by atoms with Crippen molar-refractivity contribution >= 4 is 17.1 Å². The lowest BCUT2D eigenvalue weighted by atomic mass is 10.2. The molecule has 0 aliphatic heterocycles. The van der Waals surface area contributed by atoms with E-state index in [0.717, 1.165) is 5.01 Å². The zero-order valence-corrected chi connectivity index (χ0v) is 7.23. The van der Waals surface area contributed by atoms with Crippen LogP contribution in [0.15, 0.2) is 5.38 Å². The van der Waals surface area contributed by atoms with Crippen LogP contribution in [0.2, 0.25) is 0 Å². The number of terminal acetylenes is 1. The molecule has 3 nitrogen and oxygen atoms in total. The summed E-state index contributed by atoms with van der Waals surface area (Å²) in [6.07, 6.45) is 5.09. The third kappa shape index (κ3) is 1.91. The number of carbonyl (C=O) groups excluding carboxylic acids is 1. The standard InChI is InChI=1S/C8H8N2OS/c1-2-3-7(11)6-5-12-8(4-9)10-6/h1,5H,3-4,9H2. The van der Waals surface area contributed by atoms with E-state index in [1.807, 2.05) is 0 Å². The van der Waals surface area contributed by atoms with Crippen LogP contribution in [-0.4, -0.2) is 10.8 Å². The van der Waals surface area contributed by atoms with Gasteiger partial charge in [-0.2, -0.15) is 0 Å².